The molecule has 2 fully saturated rings. The predicted molar refractivity (Wildman–Crippen MR) is 120 cm³/mol. The number of carbonyl (C=O) groups is 1. The van der Waals surface area contributed by atoms with Gasteiger partial charge in [0, 0.05) is 37.8 Å². The molecule has 1 N–H and O–H groups in total. The average molecular weight is 439 g/mol. The largest absolute Gasteiger partial charge is 0.492 e. The molecule has 162 valence electrons. The highest BCUT2D eigenvalue weighted by Crippen LogP contribution is 2.35. The highest BCUT2D eigenvalue weighted by molar-refractivity contribution is 7.20. The Morgan fingerprint density at radius 3 is 2.61 bits per heavy atom. The molecule has 0 spiro atoms. The number of ether oxygens (including phenoxy) is 2. The second kappa shape index (κ2) is 8.80. The van der Waals surface area contributed by atoms with E-state index in [4.69, 9.17) is 9.47 Å². The summed E-state index contributed by atoms with van der Waals surface area (Å²) in [6.45, 7) is 3.18. The van der Waals surface area contributed by atoms with Crippen molar-refractivity contribution in [1.82, 2.24) is 20.2 Å². The topological polar surface area (TPSA) is 76.6 Å². The summed E-state index contributed by atoms with van der Waals surface area (Å²) in [5.74, 6) is 1.64. The van der Waals surface area contributed by atoms with Gasteiger partial charge >= 0.3 is 0 Å². The van der Waals surface area contributed by atoms with Gasteiger partial charge in [0.05, 0.1) is 4.70 Å². The second-order valence-corrected chi connectivity index (χ2v) is 9.21. The van der Waals surface area contributed by atoms with Crippen molar-refractivity contribution >= 4 is 27.6 Å². The summed E-state index contributed by atoms with van der Waals surface area (Å²) in [6, 6.07) is 13.0. The molecular weight excluding hydrogens is 412 g/mol. The van der Waals surface area contributed by atoms with Gasteiger partial charge in [0.25, 0.3) is 5.19 Å². The molecule has 0 saturated carbocycles. The van der Waals surface area contributed by atoms with E-state index in [1.807, 2.05) is 36.4 Å². The van der Waals surface area contributed by atoms with Crippen LogP contribution in [0.2, 0.25) is 0 Å². The smallest absolute Gasteiger partial charge is 0.281 e. The van der Waals surface area contributed by atoms with Crippen molar-refractivity contribution in [3.05, 3.63) is 42.6 Å². The zero-order valence-corrected chi connectivity index (χ0v) is 18.3. The summed E-state index contributed by atoms with van der Waals surface area (Å²) < 4.78 is 12.9. The van der Waals surface area contributed by atoms with Crippen LogP contribution in [-0.4, -0.2) is 52.1 Å². The van der Waals surface area contributed by atoms with Crippen LogP contribution in [0.4, 0.5) is 0 Å². The molecule has 2 aliphatic heterocycles. The number of thiazole rings is 1. The van der Waals surface area contributed by atoms with Gasteiger partial charge in [-0.25, -0.2) is 4.98 Å². The van der Waals surface area contributed by atoms with Gasteiger partial charge in [0.1, 0.15) is 18.1 Å². The van der Waals surface area contributed by atoms with Crippen molar-refractivity contribution in [3.8, 4) is 16.7 Å². The lowest BCUT2D eigenvalue weighted by molar-refractivity contribution is -0.120. The van der Waals surface area contributed by atoms with Gasteiger partial charge in [0.15, 0.2) is 5.65 Å². The lowest BCUT2D eigenvalue weighted by Gasteiger charge is -2.39. The van der Waals surface area contributed by atoms with E-state index in [0.29, 0.717) is 35.6 Å². The molecule has 5 rings (SSSR count). The fourth-order valence-corrected chi connectivity index (χ4v) is 5.61. The summed E-state index contributed by atoms with van der Waals surface area (Å²) in [5.41, 5.74) is 0.706. The molecule has 1 aromatic carbocycles. The first-order chi connectivity index (χ1) is 15.1. The normalized spacial score (nSPS) is 23.1. The second-order valence-electron chi connectivity index (χ2n) is 8.22. The SMILES string of the molecule is CC(=O)NC1CC2CC[C@@H](C1)N2CCOc1ccc(Oc2nc3ncccc3s2)cc1. The molecule has 3 aromatic rings. The van der Waals surface area contributed by atoms with Gasteiger partial charge in [-0.15, -0.1) is 0 Å². The Morgan fingerprint density at radius 1 is 1.16 bits per heavy atom. The molecule has 2 unspecified atom stereocenters. The minimum atomic E-state index is 0.0772. The number of carbonyl (C=O) groups excluding carboxylic acids is 1. The Hall–Kier alpha value is -2.71. The van der Waals surface area contributed by atoms with Crippen molar-refractivity contribution in [2.24, 2.45) is 0 Å². The summed E-state index contributed by atoms with van der Waals surface area (Å²) >= 11 is 1.48. The molecule has 2 saturated heterocycles. The number of pyridine rings is 1. The Kier molecular flexibility index (Phi) is 5.74. The monoisotopic (exact) mass is 438 g/mol. The molecule has 1 amide bonds. The van der Waals surface area contributed by atoms with Crippen LogP contribution >= 0.6 is 11.3 Å². The maximum atomic E-state index is 11.4. The van der Waals surface area contributed by atoms with E-state index in [-0.39, 0.29) is 5.91 Å². The maximum Gasteiger partial charge on any atom is 0.281 e. The fraction of sp³-hybridized carbons (Fsp3) is 0.435. The van der Waals surface area contributed by atoms with E-state index in [1.165, 1.54) is 24.2 Å². The number of benzene rings is 1. The van der Waals surface area contributed by atoms with Crippen molar-refractivity contribution in [2.75, 3.05) is 13.2 Å². The lowest BCUT2D eigenvalue weighted by Crippen LogP contribution is -2.51. The fourth-order valence-electron chi connectivity index (χ4n) is 4.81. The third kappa shape index (κ3) is 4.65. The highest BCUT2D eigenvalue weighted by atomic mass is 32.1. The third-order valence-corrected chi connectivity index (χ3v) is 6.97. The van der Waals surface area contributed by atoms with Crippen LogP contribution in [0.25, 0.3) is 10.3 Å². The first kappa shape index (κ1) is 20.2. The van der Waals surface area contributed by atoms with Crippen LogP contribution < -0.4 is 14.8 Å². The predicted octanol–water partition coefficient (Wildman–Crippen LogP) is 3.99. The van der Waals surface area contributed by atoms with Crippen LogP contribution in [-0.2, 0) is 4.79 Å². The van der Waals surface area contributed by atoms with E-state index in [9.17, 15) is 4.79 Å². The number of piperidine rings is 1. The van der Waals surface area contributed by atoms with Crippen LogP contribution in [0.3, 0.4) is 0 Å². The van der Waals surface area contributed by atoms with E-state index >= 15 is 0 Å². The number of fused-ring (bicyclic) bond motifs is 3. The zero-order chi connectivity index (χ0) is 21.2. The molecule has 0 aliphatic carbocycles. The van der Waals surface area contributed by atoms with Crippen molar-refractivity contribution in [2.45, 2.75) is 50.7 Å². The van der Waals surface area contributed by atoms with Crippen molar-refractivity contribution < 1.29 is 14.3 Å². The molecule has 2 bridgehead atoms. The molecule has 2 aromatic heterocycles. The first-order valence-electron chi connectivity index (χ1n) is 10.8. The number of rotatable bonds is 7. The van der Waals surface area contributed by atoms with Gasteiger partial charge in [0.2, 0.25) is 5.91 Å². The molecule has 2 aliphatic rings. The Balaban J connectivity index is 1.11. The summed E-state index contributed by atoms with van der Waals surface area (Å²) in [5, 5.41) is 3.68. The molecule has 0 radical (unpaired) electrons. The molecule has 3 atom stereocenters. The molecule has 8 heteroatoms. The van der Waals surface area contributed by atoms with Gasteiger partial charge in [-0.1, -0.05) is 11.3 Å². The lowest BCUT2D eigenvalue weighted by atomic mass is 9.97. The Bertz CT molecular complexity index is 1010. The number of hydrogen-bond donors (Lipinski definition) is 1. The van der Waals surface area contributed by atoms with E-state index < -0.39 is 0 Å². The number of aromatic nitrogens is 2. The maximum absolute atomic E-state index is 11.4. The van der Waals surface area contributed by atoms with Crippen LogP contribution in [0, 0.1) is 0 Å². The minimum absolute atomic E-state index is 0.0772. The summed E-state index contributed by atoms with van der Waals surface area (Å²) in [4.78, 5) is 22.6. The zero-order valence-electron chi connectivity index (χ0n) is 17.5. The van der Waals surface area contributed by atoms with Crippen LogP contribution in [0.15, 0.2) is 42.6 Å². The summed E-state index contributed by atoms with van der Waals surface area (Å²) in [7, 11) is 0. The average Bonchev–Trinajstić information content (AvgIpc) is 3.26. The standard InChI is InChI=1S/C23H26N4O3S/c1-15(28)25-16-13-17-4-5-18(14-16)27(17)11-12-29-19-6-8-20(9-7-19)30-23-26-22-21(31-23)3-2-10-24-22/h2-3,6-10,16-18H,4-5,11-14H2,1H3,(H,25,28)/t16?,17-,18?/m0/s1. The molecular formula is C23H26N4O3S. The first-order valence-corrected chi connectivity index (χ1v) is 11.6. The molecule has 4 heterocycles. The number of nitrogens with one attached hydrogen (secondary N) is 1. The van der Waals surface area contributed by atoms with Gasteiger partial charge in [-0.05, 0) is 62.1 Å². The Labute approximate surface area is 185 Å². The van der Waals surface area contributed by atoms with Crippen molar-refractivity contribution in [1.29, 1.82) is 0 Å². The van der Waals surface area contributed by atoms with Gasteiger partial charge < -0.3 is 14.8 Å². The molecule has 31 heavy (non-hydrogen) atoms. The van der Waals surface area contributed by atoms with Crippen LogP contribution in [0.5, 0.6) is 16.7 Å². The highest BCUT2D eigenvalue weighted by Gasteiger charge is 2.40. The van der Waals surface area contributed by atoms with Gasteiger partial charge in [-0.2, -0.15) is 4.98 Å². The minimum Gasteiger partial charge on any atom is -0.492 e. The summed E-state index contributed by atoms with van der Waals surface area (Å²) in [6.07, 6.45) is 6.25. The number of hydrogen-bond acceptors (Lipinski definition) is 7. The van der Waals surface area contributed by atoms with E-state index in [1.54, 1.807) is 13.1 Å². The third-order valence-electron chi connectivity index (χ3n) is 6.08. The van der Waals surface area contributed by atoms with Crippen molar-refractivity contribution in [3.63, 3.8) is 0 Å². The Morgan fingerprint density at radius 2 is 1.90 bits per heavy atom. The number of nitrogens with zero attached hydrogens (tertiary/aromatic N) is 3. The quantitative estimate of drug-likeness (QED) is 0.601. The van der Waals surface area contributed by atoms with Gasteiger partial charge in [-0.3, -0.25) is 9.69 Å². The van der Waals surface area contributed by atoms with E-state index in [0.717, 1.165) is 35.6 Å². The van der Waals surface area contributed by atoms with Crippen LogP contribution in [0.1, 0.15) is 32.6 Å². The number of amides is 1. The van der Waals surface area contributed by atoms with E-state index in [2.05, 4.69) is 20.2 Å². The molecule has 7 nitrogen and oxygen atoms in total.